The number of aryl methyl sites for hydroxylation is 1. The largest absolute Gasteiger partial charge is 0.317 e. The van der Waals surface area contributed by atoms with E-state index in [4.69, 9.17) is 0 Å². The van der Waals surface area contributed by atoms with Gasteiger partial charge in [-0.3, -0.25) is 0 Å². The van der Waals surface area contributed by atoms with E-state index in [-0.39, 0.29) is 11.6 Å². The van der Waals surface area contributed by atoms with Gasteiger partial charge in [-0.1, -0.05) is 13.3 Å². The summed E-state index contributed by atoms with van der Waals surface area (Å²) in [6.07, 6.45) is 3.57. The Hall–Kier alpha value is -0.960. The number of hydrogen-bond acceptors (Lipinski definition) is 1. The molecule has 0 aromatic heterocycles. The first-order valence-corrected chi connectivity index (χ1v) is 5.78. The lowest BCUT2D eigenvalue weighted by Crippen LogP contribution is -2.25. The summed E-state index contributed by atoms with van der Waals surface area (Å²) in [5, 5.41) is 3.19. The lowest BCUT2D eigenvalue weighted by atomic mass is 10.0. The molecule has 3 heteroatoms. The highest BCUT2D eigenvalue weighted by molar-refractivity contribution is 5.18. The van der Waals surface area contributed by atoms with Gasteiger partial charge in [-0.25, -0.2) is 8.78 Å². The molecule has 0 aliphatic heterocycles. The van der Waals surface area contributed by atoms with Crippen LogP contribution in [0.4, 0.5) is 8.78 Å². The second kappa shape index (κ2) is 6.59. The molecule has 1 aromatic rings. The van der Waals surface area contributed by atoms with Gasteiger partial charge in [0.2, 0.25) is 0 Å². The summed E-state index contributed by atoms with van der Waals surface area (Å²) in [7, 11) is 1.91. The summed E-state index contributed by atoms with van der Waals surface area (Å²) in [5.74, 6) is -0.680. The molecule has 0 aliphatic rings. The lowest BCUT2D eigenvalue weighted by molar-refractivity contribution is 0.477. The average Bonchev–Trinajstić information content (AvgIpc) is 2.28. The zero-order chi connectivity index (χ0) is 12.0. The van der Waals surface area contributed by atoms with Crippen molar-refractivity contribution in [1.82, 2.24) is 5.32 Å². The molecule has 90 valence electrons. The van der Waals surface area contributed by atoms with E-state index >= 15 is 0 Å². The molecule has 1 rings (SSSR count). The van der Waals surface area contributed by atoms with Crippen LogP contribution in [0.15, 0.2) is 18.2 Å². The smallest absolute Gasteiger partial charge is 0.126 e. The third-order valence-corrected chi connectivity index (χ3v) is 2.82. The maximum atomic E-state index is 13.3. The van der Waals surface area contributed by atoms with Crippen LogP contribution in [-0.2, 0) is 6.42 Å². The number of hydrogen-bond donors (Lipinski definition) is 1. The summed E-state index contributed by atoms with van der Waals surface area (Å²) in [5.41, 5.74) is 0.469. The second-order valence-corrected chi connectivity index (χ2v) is 4.05. The maximum Gasteiger partial charge on any atom is 0.126 e. The van der Waals surface area contributed by atoms with E-state index in [0.29, 0.717) is 18.0 Å². The molecule has 1 unspecified atom stereocenters. The van der Waals surface area contributed by atoms with Crippen LogP contribution in [0.3, 0.4) is 0 Å². The molecule has 1 atom stereocenters. The highest BCUT2D eigenvalue weighted by Gasteiger charge is 2.08. The first kappa shape index (κ1) is 13.1. The van der Waals surface area contributed by atoms with Crippen molar-refractivity contribution >= 4 is 0 Å². The summed E-state index contributed by atoms with van der Waals surface area (Å²) in [6, 6.07) is 4.01. The van der Waals surface area contributed by atoms with Crippen molar-refractivity contribution in [2.75, 3.05) is 7.05 Å². The first-order valence-electron chi connectivity index (χ1n) is 5.78. The molecule has 1 aromatic carbocycles. The predicted octanol–water partition coefficient (Wildman–Crippen LogP) is 3.29. The standard InChI is InChI=1S/C13H19F2N/c1-3-4-12(16-2)7-5-10-9-11(14)6-8-13(10)15/h6,8-9,12,16H,3-5,7H2,1-2H3. The summed E-state index contributed by atoms with van der Waals surface area (Å²) < 4.78 is 26.2. The van der Waals surface area contributed by atoms with Crippen LogP contribution in [0.2, 0.25) is 0 Å². The molecule has 0 heterocycles. The number of benzene rings is 1. The molecule has 16 heavy (non-hydrogen) atoms. The maximum absolute atomic E-state index is 13.3. The van der Waals surface area contributed by atoms with Gasteiger partial charge >= 0.3 is 0 Å². The average molecular weight is 227 g/mol. The fourth-order valence-corrected chi connectivity index (χ4v) is 1.85. The highest BCUT2D eigenvalue weighted by Crippen LogP contribution is 2.14. The van der Waals surface area contributed by atoms with Gasteiger partial charge in [0, 0.05) is 6.04 Å². The van der Waals surface area contributed by atoms with Crippen molar-refractivity contribution in [3.8, 4) is 0 Å². The third kappa shape index (κ3) is 3.89. The fraction of sp³-hybridized carbons (Fsp3) is 0.538. The minimum Gasteiger partial charge on any atom is -0.317 e. The van der Waals surface area contributed by atoms with E-state index in [2.05, 4.69) is 12.2 Å². The van der Waals surface area contributed by atoms with Crippen LogP contribution in [0.5, 0.6) is 0 Å². The van der Waals surface area contributed by atoms with Crippen LogP contribution in [0.1, 0.15) is 31.7 Å². The molecule has 0 aliphatic carbocycles. The Bertz CT molecular complexity index is 326. The van der Waals surface area contributed by atoms with Crippen molar-refractivity contribution in [3.63, 3.8) is 0 Å². The SMILES string of the molecule is CCCC(CCc1cc(F)ccc1F)NC. The Morgan fingerprint density at radius 3 is 2.62 bits per heavy atom. The van der Waals surface area contributed by atoms with Gasteiger partial charge in [0.05, 0.1) is 0 Å². The Labute approximate surface area is 95.9 Å². The van der Waals surface area contributed by atoms with Crippen LogP contribution in [0, 0.1) is 11.6 Å². The molecule has 0 bridgehead atoms. The molecule has 0 fully saturated rings. The molecule has 1 N–H and O–H groups in total. The van der Waals surface area contributed by atoms with Crippen molar-refractivity contribution in [3.05, 3.63) is 35.4 Å². The molecule has 0 radical (unpaired) electrons. The van der Waals surface area contributed by atoms with E-state index in [0.717, 1.165) is 25.3 Å². The van der Waals surface area contributed by atoms with E-state index in [9.17, 15) is 8.78 Å². The van der Waals surface area contributed by atoms with E-state index < -0.39 is 0 Å². The molecular formula is C13H19F2N. The Morgan fingerprint density at radius 1 is 1.25 bits per heavy atom. The fourth-order valence-electron chi connectivity index (χ4n) is 1.85. The van der Waals surface area contributed by atoms with Crippen LogP contribution >= 0.6 is 0 Å². The zero-order valence-electron chi connectivity index (χ0n) is 9.89. The molecule has 0 saturated heterocycles. The van der Waals surface area contributed by atoms with Crippen molar-refractivity contribution in [1.29, 1.82) is 0 Å². The first-order chi connectivity index (χ1) is 7.67. The topological polar surface area (TPSA) is 12.0 Å². The Balaban J connectivity index is 2.55. The molecule has 1 nitrogen and oxygen atoms in total. The Kier molecular flexibility index (Phi) is 5.39. The van der Waals surface area contributed by atoms with Gasteiger partial charge in [-0.15, -0.1) is 0 Å². The lowest BCUT2D eigenvalue weighted by Gasteiger charge is -2.15. The summed E-state index contributed by atoms with van der Waals surface area (Å²) in [4.78, 5) is 0. The van der Waals surface area contributed by atoms with Crippen LogP contribution in [-0.4, -0.2) is 13.1 Å². The van der Waals surface area contributed by atoms with Gasteiger partial charge in [0.15, 0.2) is 0 Å². The number of halogens is 2. The van der Waals surface area contributed by atoms with Gasteiger partial charge in [0.25, 0.3) is 0 Å². The minimum absolute atomic E-state index is 0.312. The third-order valence-electron chi connectivity index (χ3n) is 2.82. The molecular weight excluding hydrogens is 208 g/mol. The van der Waals surface area contributed by atoms with Crippen molar-refractivity contribution in [2.45, 2.75) is 38.6 Å². The van der Waals surface area contributed by atoms with Gasteiger partial charge in [0.1, 0.15) is 11.6 Å². The van der Waals surface area contributed by atoms with Crippen molar-refractivity contribution < 1.29 is 8.78 Å². The normalized spacial score (nSPS) is 12.8. The summed E-state index contributed by atoms with van der Waals surface area (Å²) in [6.45, 7) is 2.12. The highest BCUT2D eigenvalue weighted by atomic mass is 19.1. The monoisotopic (exact) mass is 227 g/mol. The number of rotatable bonds is 6. The quantitative estimate of drug-likeness (QED) is 0.786. The van der Waals surface area contributed by atoms with Gasteiger partial charge in [-0.05, 0) is 50.1 Å². The Morgan fingerprint density at radius 2 is 2.00 bits per heavy atom. The van der Waals surface area contributed by atoms with E-state index in [1.54, 1.807) is 0 Å². The summed E-state index contributed by atoms with van der Waals surface area (Å²) >= 11 is 0. The zero-order valence-corrected chi connectivity index (χ0v) is 9.89. The molecule has 0 saturated carbocycles. The van der Waals surface area contributed by atoms with Gasteiger partial charge in [-0.2, -0.15) is 0 Å². The van der Waals surface area contributed by atoms with Crippen molar-refractivity contribution in [2.24, 2.45) is 0 Å². The number of nitrogens with one attached hydrogen (secondary N) is 1. The minimum atomic E-state index is -0.368. The predicted molar refractivity (Wildman–Crippen MR) is 62.4 cm³/mol. The van der Waals surface area contributed by atoms with Crippen LogP contribution < -0.4 is 5.32 Å². The second-order valence-electron chi connectivity index (χ2n) is 4.05. The van der Waals surface area contributed by atoms with Crippen LogP contribution in [0.25, 0.3) is 0 Å². The van der Waals surface area contributed by atoms with E-state index in [1.165, 1.54) is 12.1 Å². The molecule has 0 spiro atoms. The van der Waals surface area contributed by atoms with Gasteiger partial charge < -0.3 is 5.32 Å². The molecule has 0 amide bonds. The van der Waals surface area contributed by atoms with E-state index in [1.807, 2.05) is 7.05 Å².